The summed E-state index contributed by atoms with van der Waals surface area (Å²) < 4.78 is 7.58. The molecule has 4 heterocycles. The Balaban J connectivity index is 1.49. The van der Waals surface area contributed by atoms with E-state index in [0.29, 0.717) is 12.1 Å². The van der Waals surface area contributed by atoms with Gasteiger partial charge in [0.2, 0.25) is 0 Å². The van der Waals surface area contributed by atoms with Gasteiger partial charge in [-0.05, 0) is 18.6 Å². The summed E-state index contributed by atoms with van der Waals surface area (Å²) in [6, 6.07) is 3.50. The van der Waals surface area contributed by atoms with Crippen molar-refractivity contribution in [2.45, 2.75) is 26.1 Å². The zero-order valence-corrected chi connectivity index (χ0v) is 14.2. The van der Waals surface area contributed by atoms with Crippen molar-refractivity contribution < 1.29 is 9.53 Å². The largest absolute Gasteiger partial charge is 0.379 e. The van der Waals surface area contributed by atoms with Gasteiger partial charge in [0.15, 0.2) is 5.82 Å². The van der Waals surface area contributed by atoms with Crippen LogP contribution in [0.25, 0.3) is 0 Å². The zero-order valence-electron chi connectivity index (χ0n) is 14.2. The Kier molecular flexibility index (Phi) is 4.71. The molecule has 2 aromatic heterocycles. The average molecular weight is 342 g/mol. The monoisotopic (exact) mass is 342 g/mol. The number of pyridine rings is 1. The van der Waals surface area contributed by atoms with Gasteiger partial charge in [-0.2, -0.15) is 0 Å². The van der Waals surface area contributed by atoms with Gasteiger partial charge >= 0.3 is 0 Å². The van der Waals surface area contributed by atoms with Gasteiger partial charge in [0.1, 0.15) is 5.82 Å². The highest BCUT2D eigenvalue weighted by Crippen LogP contribution is 2.16. The molecule has 132 valence electrons. The van der Waals surface area contributed by atoms with Gasteiger partial charge in [-0.1, -0.05) is 0 Å². The molecule has 4 rings (SSSR count). The molecule has 1 fully saturated rings. The van der Waals surface area contributed by atoms with E-state index in [0.717, 1.165) is 64.0 Å². The highest BCUT2D eigenvalue weighted by Gasteiger charge is 2.24. The lowest BCUT2D eigenvalue weighted by Gasteiger charge is -2.26. The second-order valence-corrected chi connectivity index (χ2v) is 6.39. The van der Waals surface area contributed by atoms with Crippen molar-refractivity contribution in [1.29, 1.82) is 0 Å². The van der Waals surface area contributed by atoms with Gasteiger partial charge in [0, 0.05) is 44.1 Å². The molecule has 8 nitrogen and oxygen atoms in total. The maximum Gasteiger partial charge on any atom is 0.254 e. The van der Waals surface area contributed by atoms with Gasteiger partial charge in [0.25, 0.3) is 5.91 Å². The lowest BCUT2D eigenvalue weighted by Crippen LogP contribution is -2.36. The molecule has 8 heteroatoms. The molecule has 0 aromatic carbocycles. The number of amides is 1. The van der Waals surface area contributed by atoms with Gasteiger partial charge in [-0.3, -0.25) is 14.7 Å². The fourth-order valence-corrected chi connectivity index (χ4v) is 3.34. The molecule has 2 aliphatic heterocycles. The molecule has 0 unspecified atom stereocenters. The van der Waals surface area contributed by atoms with Crippen molar-refractivity contribution >= 4 is 5.91 Å². The minimum Gasteiger partial charge on any atom is -0.379 e. The summed E-state index contributed by atoms with van der Waals surface area (Å²) in [5.74, 6) is 1.87. The van der Waals surface area contributed by atoms with E-state index in [1.54, 1.807) is 24.5 Å². The number of carbonyl (C=O) groups is 1. The molecule has 2 aromatic rings. The lowest BCUT2D eigenvalue weighted by molar-refractivity contribution is 0.0325. The second kappa shape index (κ2) is 7.28. The Bertz CT molecular complexity index is 726. The summed E-state index contributed by atoms with van der Waals surface area (Å²) in [7, 11) is 0. The van der Waals surface area contributed by atoms with Crippen molar-refractivity contribution in [2.75, 3.05) is 32.8 Å². The normalized spacial score (nSPS) is 18.6. The maximum absolute atomic E-state index is 12.7. The van der Waals surface area contributed by atoms with E-state index < -0.39 is 0 Å². The third kappa shape index (κ3) is 3.54. The van der Waals surface area contributed by atoms with Crippen LogP contribution >= 0.6 is 0 Å². The number of ether oxygens (including phenoxy) is 1. The quantitative estimate of drug-likeness (QED) is 0.811. The number of morpholine rings is 1. The van der Waals surface area contributed by atoms with Crippen LogP contribution in [0.15, 0.2) is 24.5 Å². The Morgan fingerprint density at radius 3 is 2.68 bits per heavy atom. The Hall–Kier alpha value is -2.32. The van der Waals surface area contributed by atoms with E-state index in [1.165, 1.54) is 0 Å². The predicted octanol–water partition coefficient (Wildman–Crippen LogP) is 0.551. The Morgan fingerprint density at radius 2 is 1.88 bits per heavy atom. The van der Waals surface area contributed by atoms with Crippen LogP contribution < -0.4 is 0 Å². The van der Waals surface area contributed by atoms with Gasteiger partial charge in [-0.25, -0.2) is 0 Å². The smallest absolute Gasteiger partial charge is 0.254 e. The first-order chi connectivity index (χ1) is 12.3. The molecule has 0 spiro atoms. The number of rotatable bonds is 3. The highest BCUT2D eigenvalue weighted by molar-refractivity contribution is 5.94. The molecular formula is C17H22N6O2. The molecule has 1 amide bonds. The number of nitrogens with zero attached hydrogens (tertiary/aromatic N) is 6. The number of aromatic nitrogens is 4. The van der Waals surface area contributed by atoms with Crippen LogP contribution in [0.3, 0.4) is 0 Å². The summed E-state index contributed by atoms with van der Waals surface area (Å²) in [5.41, 5.74) is 0.663. The lowest BCUT2D eigenvalue weighted by atomic mass is 10.2. The molecule has 1 saturated heterocycles. The average Bonchev–Trinajstić information content (AvgIpc) is 2.90. The van der Waals surface area contributed by atoms with Crippen molar-refractivity contribution in [2.24, 2.45) is 0 Å². The molecule has 0 aliphatic carbocycles. The first kappa shape index (κ1) is 16.2. The fraction of sp³-hybridized carbons (Fsp3) is 0.529. The van der Waals surface area contributed by atoms with Crippen LogP contribution in [0.5, 0.6) is 0 Å². The molecular weight excluding hydrogens is 320 g/mol. The maximum atomic E-state index is 12.7. The number of fused-ring (bicyclic) bond motifs is 1. The standard InChI is InChI=1S/C17H22N6O2/c24-17(14-2-4-18-5-3-14)22-6-1-7-23-15(19-20-16(23)13-22)12-21-8-10-25-11-9-21/h2-5H,1,6-13H2. The fourth-order valence-electron chi connectivity index (χ4n) is 3.34. The number of hydrogen-bond donors (Lipinski definition) is 0. The SMILES string of the molecule is O=C(c1ccncc1)N1CCCn2c(CN3CCOCC3)nnc2C1. The van der Waals surface area contributed by atoms with Crippen molar-refractivity contribution in [3.8, 4) is 0 Å². The molecule has 0 N–H and O–H groups in total. The van der Waals surface area contributed by atoms with Crippen LogP contribution in [-0.2, 0) is 24.4 Å². The minimum absolute atomic E-state index is 0.0218. The molecule has 25 heavy (non-hydrogen) atoms. The van der Waals surface area contributed by atoms with Crippen LogP contribution in [0, 0.1) is 0 Å². The molecule has 0 bridgehead atoms. The van der Waals surface area contributed by atoms with Crippen LogP contribution in [0.2, 0.25) is 0 Å². The summed E-state index contributed by atoms with van der Waals surface area (Å²) in [4.78, 5) is 20.9. The van der Waals surface area contributed by atoms with Crippen LogP contribution in [-0.4, -0.2) is 68.3 Å². The van der Waals surface area contributed by atoms with E-state index in [9.17, 15) is 4.79 Å². The third-order valence-electron chi connectivity index (χ3n) is 4.73. The van der Waals surface area contributed by atoms with E-state index >= 15 is 0 Å². The van der Waals surface area contributed by atoms with E-state index in [-0.39, 0.29) is 5.91 Å². The van der Waals surface area contributed by atoms with Crippen molar-refractivity contribution in [3.05, 3.63) is 41.7 Å². The molecule has 0 atom stereocenters. The minimum atomic E-state index is 0.0218. The van der Waals surface area contributed by atoms with E-state index in [4.69, 9.17) is 4.74 Å². The Morgan fingerprint density at radius 1 is 1.08 bits per heavy atom. The van der Waals surface area contributed by atoms with Crippen molar-refractivity contribution in [1.82, 2.24) is 29.5 Å². The third-order valence-corrected chi connectivity index (χ3v) is 4.73. The number of hydrogen-bond acceptors (Lipinski definition) is 6. The predicted molar refractivity (Wildman–Crippen MR) is 89.7 cm³/mol. The molecule has 0 saturated carbocycles. The van der Waals surface area contributed by atoms with E-state index in [1.807, 2.05) is 4.90 Å². The Labute approximate surface area is 146 Å². The second-order valence-electron chi connectivity index (χ2n) is 6.39. The number of carbonyl (C=O) groups excluding carboxylic acids is 1. The summed E-state index contributed by atoms with van der Waals surface area (Å²) in [5, 5.41) is 8.74. The summed E-state index contributed by atoms with van der Waals surface area (Å²) in [6.45, 7) is 6.25. The first-order valence-corrected chi connectivity index (χ1v) is 8.71. The first-order valence-electron chi connectivity index (χ1n) is 8.71. The highest BCUT2D eigenvalue weighted by atomic mass is 16.5. The molecule has 0 radical (unpaired) electrons. The van der Waals surface area contributed by atoms with Crippen LogP contribution in [0.4, 0.5) is 0 Å². The summed E-state index contributed by atoms with van der Waals surface area (Å²) >= 11 is 0. The van der Waals surface area contributed by atoms with E-state index in [2.05, 4.69) is 24.6 Å². The summed E-state index contributed by atoms with van der Waals surface area (Å²) in [6.07, 6.45) is 4.19. The van der Waals surface area contributed by atoms with Gasteiger partial charge < -0.3 is 14.2 Å². The molecule has 2 aliphatic rings. The van der Waals surface area contributed by atoms with Gasteiger partial charge in [0.05, 0.1) is 26.3 Å². The topological polar surface area (TPSA) is 76.4 Å². The van der Waals surface area contributed by atoms with Crippen LogP contribution in [0.1, 0.15) is 28.4 Å². The zero-order chi connectivity index (χ0) is 17.1. The van der Waals surface area contributed by atoms with Crippen molar-refractivity contribution in [3.63, 3.8) is 0 Å². The van der Waals surface area contributed by atoms with Gasteiger partial charge in [-0.15, -0.1) is 10.2 Å².